The fraction of sp³-hybridized carbons (Fsp3) is 0.333. The summed E-state index contributed by atoms with van der Waals surface area (Å²) < 4.78 is 21.9. The van der Waals surface area contributed by atoms with Gasteiger partial charge in [0.05, 0.1) is 40.3 Å². The van der Waals surface area contributed by atoms with Gasteiger partial charge in [0.15, 0.2) is 17.3 Å². The van der Waals surface area contributed by atoms with Crippen LogP contribution in [0.3, 0.4) is 0 Å². The standard InChI is InChI=1S/C24H29N3O6.ClH/c1-15(2)13-25-24(28)27(32-6)18-9-7-8-16(10-18)19-14-26-33-22(19)17-11-20(29-3)23(31-5)21(12-17)30-4;/h7-12,14-15H,13H2,1-6H3,(H,25,28);1H. The lowest BCUT2D eigenvalue weighted by Crippen LogP contribution is -2.40. The molecular formula is C24H30ClN3O6. The fourth-order valence-corrected chi connectivity index (χ4v) is 3.33. The smallest absolute Gasteiger partial charge is 0.346 e. The number of hydrogen-bond acceptors (Lipinski definition) is 7. The van der Waals surface area contributed by atoms with Crippen molar-refractivity contribution >= 4 is 24.1 Å². The van der Waals surface area contributed by atoms with Gasteiger partial charge in [0, 0.05) is 17.7 Å². The Morgan fingerprint density at radius 3 is 2.26 bits per heavy atom. The third-order valence-corrected chi connectivity index (χ3v) is 4.92. The van der Waals surface area contributed by atoms with Crippen LogP contribution in [-0.2, 0) is 4.84 Å². The van der Waals surface area contributed by atoms with Crippen LogP contribution in [-0.4, -0.2) is 46.2 Å². The van der Waals surface area contributed by atoms with Crippen molar-refractivity contribution in [3.8, 4) is 39.7 Å². The van der Waals surface area contributed by atoms with Crippen LogP contribution in [0.25, 0.3) is 22.5 Å². The van der Waals surface area contributed by atoms with E-state index in [2.05, 4.69) is 10.5 Å². The number of benzene rings is 2. The molecule has 9 nitrogen and oxygen atoms in total. The van der Waals surface area contributed by atoms with Gasteiger partial charge in [0.25, 0.3) is 0 Å². The zero-order valence-electron chi connectivity index (χ0n) is 20.1. The minimum atomic E-state index is -0.349. The minimum absolute atomic E-state index is 0. The molecule has 0 radical (unpaired) electrons. The van der Waals surface area contributed by atoms with E-state index in [0.29, 0.717) is 46.7 Å². The van der Waals surface area contributed by atoms with E-state index in [1.165, 1.54) is 12.2 Å². The lowest BCUT2D eigenvalue weighted by Gasteiger charge is -2.21. The number of hydroxylamine groups is 1. The van der Waals surface area contributed by atoms with Crippen molar-refractivity contribution in [2.45, 2.75) is 13.8 Å². The normalized spacial score (nSPS) is 10.4. The van der Waals surface area contributed by atoms with Crippen LogP contribution < -0.4 is 24.6 Å². The molecule has 3 aromatic rings. The van der Waals surface area contributed by atoms with Crippen molar-refractivity contribution in [3.05, 3.63) is 42.6 Å². The Balaban J connectivity index is 0.00000408. The van der Waals surface area contributed by atoms with Crippen molar-refractivity contribution in [1.82, 2.24) is 10.5 Å². The first-order valence-corrected chi connectivity index (χ1v) is 10.4. The number of nitrogens with zero attached hydrogens (tertiary/aromatic N) is 2. The van der Waals surface area contributed by atoms with E-state index in [0.717, 1.165) is 11.1 Å². The first-order valence-electron chi connectivity index (χ1n) is 10.4. The van der Waals surface area contributed by atoms with Gasteiger partial charge in [-0.05, 0) is 35.7 Å². The molecule has 10 heteroatoms. The molecule has 0 spiro atoms. The maximum absolute atomic E-state index is 12.6. The number of nitrogens with one attached hydrogen (secondary N) is 1. The van der Waals surface area contributed by atoms with E-state index in [1.54, 1.807) is 45.7 Å². The highest BCUT2D eigenvalue weighted by molar-refractivity contribution is 5.91. The molecule has 0 aliphatic rings. The van der Waals surface area contributed by atoms with Gasteiger partial charge in [0.1, 0.15) is 0 Å². The molecule has 3 rings (SSSR count). The quantitative estimate of drug-likeness (QED) is 0.411. The summed E-state index contributed by atoms with van der Waals surface area (Å²) in [6.07, 6.45) is 1.62. The predicted octanol–water partition coefficient (Wildman–Crippen LogP) is 5.19. The maximum atomic E-state index is 12.6. The minimum Gasteiger partial charge on any atom is -0.493 e. The number of amides is 2. The molecule has 0 aliphatic heterocycles. The Kier molecular flexibility index (Phi) is 9.58. The van der Waals surface area contributed by atoms with Crippen LogP contribution in [0.15, 0.2) is 47.1 Å². The van der Waals surface area contributed by atoms with Crippen molar-refractivity contribution in [1.29, 1.82) is 0 Å². The van der Waals surface area contributed by atoms with Crippen molar-refractivity contribution in [2.75, 3.05) is 40.0 Å². The molecule has 1 N–H and O–H groups in total. The average Bonchev–Trinajstić information content (AvgIpc) is 3.32. The predicted molar refractivity (Wildman–Crippen MR) is 132 cm³/mol. The average molecular weight is 492 g/mol. The molecule has 2 amide bonds. The molecular weight excluding hydrogens is 462 g/mol. The van der Waals surface area contributed by atoms with E-state index in [9.17, 15) is 4.79 Å². The number of rotatable bonds is 9. The topological polar surface area (TPSA) is 95.3 Å². The van der Waals surface area contributed by atoms with Crippen LogP contribution in [0.4, 0.5) is 10.5 Å². The third kappa shape index (κ3) is 5.73. The van der Waals surface area contributed by atoms with Gasteiger partial charge >= 0.3 is 6.03 Å². The van der Waals surface area contributed by atoms with Gasteiger partial charge in [-0.15, -0.1) is 12.4 Å². The number of halogens is 1. The number of hydrogen-bond donors (Lipinski definition) is 1. The molecule has 1 aromatic heterocycles. The van der Waals surface area contributed by atoms with E-state index in [1.807, 2.05) is 32.0 Å². The number of ether oxygens (including phenoxy) is 3. The fourth-order valence-electron chi connectivity index (χ4n) is 3.33. The van der Waals surface area contributed by atoms with Gasteiger partial charge in [-0.3, -0.25) is 4.84 Å². The summed E-state index contributed by atoms with van der Waals surface area (Å²) >= 11 is 0. The number of anilines is 1. The number of urea groups is 1. The van der Waals surface area contributed by atoms with Crippen LogP contribution in [0, 0.1) is 5.92 Å². The van der Waals surface area contributed by atoms with E-state index in [4.69, 9.17) is 23.6 Å². The summed E-state index contributed by atoms with van der Waals surface area (Å²) in [4.78, 5) is 17.9. The highest BCUT2D eigenvalue weighted by Gasteiger charge is 2.21. The second-order valence-corrected chi connectivity index (χ2v) is 7.59. The van der Waals surface area contributed by atoms with Crippen LogP contribution in [0.1, 0.15) is 13.8 Å². The van der Waals surface area contributed by atoms with Gasteiger partial charge < -0.3 is 24.1 Å². The number of methoxy groups -OCH3 is 3. The molecule has 2 aromatic carbocycles. The lowest BCUT2D eigenvalue weighted by molar-refractivity contribution is 0.162. The monoisotopic (exact) mass is 491 g/mol. The Labute approximate surface area is 205 Å². The molecule has 0 saturated heterocycles. The lowest BCUT2D eigenvalue weighted by atomic mass is 10.0. The summed E-state index contributed by atoms with van der Waals surface area (Å²) in [7, 11) is 6.09. The molecule has 184 valence electrons. The van der Waals surface area contributed by atoms with E-state index >= 15 is 0 Å². The molecule has 0 bridgehead atoms. The second kappa shape index (κ2) is 12.2. The third-order valence-electron chi connectivity index (χ3n) is 4.92. The van der Waals surface area contributed by atoms with E-state index in [-0.39, 0.29) is 18.4 Å². The molecule has 0 aliphatic carbocycles. The number of aromatic nitrogens is 1. The Hall–Kier alpha value is -3.43. The summed E-state index contributed by atoms with van der Waals surface area (Å²) in [6, 6.07) is 10.6. The largest absolute Gasteiger partial charge is 0.493 e. The first kappa shape index (κ1) is 26.8. The van der Waals surface area contributed by atoms with Gasteiger partial charge in [0.2, 0.25) is 5.75 Å². The van der Waals surface area contributed by atoms with Crippen molar-refractivity contribution < 1.29 is 28.4 Å². The highest BCUT2D eigenvalue weighted by Crippen LogP contribution is 2.43. The molecule has 0 atom stereocenters. The Morgan fingerprint density at radius 1 is 1.03 bits per heavy atom. The molecule has 34 heavy (non-hydrogen) atoms. The Morgan fingerprint density at radius 2 is 1.71 bits per heavy atom. The van der Waals surface area contributed by atoms with Gasteiger partial charge in [-0.2, -0.15) is 5.06 Å². The molecule has 0 unspecified atom stereocenters. The zero-order valence-corrected chi connectivity index (χ0v) is 20.9. The summed E-state index contributed by atoms with van der Waals surface area (Å²) in [5.41, 5.74) is 2.77. The molecule has 0 saturated carbocycles. The molecule has 0 fully saturated rings. The van der Waals surface area contributed by atoms with Crippen LogP contribution in [0.5, 0.6) is 17.2 Å². The zero-order chi connectivity index (χ0) is 24.0. The maximum Gasteiger partial charge on any atom is 0.346 e. The van der Waals surface area contributed by atoms with Crippen molar-refractivity contribution in [3.63, 3.8) is 0 Å². The molecule has 1 heterocycles. The van der Waals surface area contributed by atoms with Crippen LogP contribution >= 0.6 is 12.4 Å². The highest BCUT2D eigenvalue weighted by atomic mass is 35.5. The summed E-state index contributed by atoms with van der Waals surface area (Å²) in [6.45, 7) is 4.58. The summed E-state index contributed by atoms with van der Waals surface area (Å²) in [5.74, 6) is 2.30. The van der Waals surface area contributed by atoms with E-state index < -0.39 is 0 Å². The van der Waals surface area contributed by atoms with Gasteiger partial charge in [-0.25, -0.2) is 4.79 Å². The summed E-state index contributed by atoms with van der Waals surface area (Å²) in [5, 5.41) is 8.05. The van der Waals surface area contributed by atoms with Crippen molar-refractivity contribution in [2.24, 2.45) is 5.92 Å². The number of carbonyl (C=O) groups excluding carboxylic acids is 1. The van der Waals surface area contributed by atoms with Gasteiger partial charge in [-0.1, -0.05) is 31.1 Å². The first-order chi connectivity index (χ1) is 15.9. The second-order valence-electron chi connectivity index (χ2n) is 7.59. The Bertz CT molecular complexity index is 1080. The number of carbonyl (C=O) groups is 1. The van der Waals surface area contributed by atoms with Crippen LogP contribution in [0.2, 0.25) is 0 Å². The SMILES string of the molecule is COc1cc(-c2oncc2-c2cccc(N(OC)C(=O)NCC(C)C)c2)cc(OC)c1OC.Cl.